The van der Waals surface area contributed by atoms with Gasteiger partial charge < -0.3 is 9.64 Å². The van der Waals surface area contributed by atoms with Gasteiger partial charge in [-0.15, -0.1) is 0 Å². The molecule has 0 amide bonds. The fraction of sp³-hybridized carbons (Fsp3) is 1.00. The van der Waals surface area contributed by atoms with Crippen LogP contribution < -0.4 is 0 Å². The van der Waals surface area contributed by atoms with Gasteiger partial charge in [0.05, 0.1) is 13.3 Å². The Morgan fingerprint density at radius 2 is 1.58 bits per heavy atom. The van der Waals surface area contributed by atoms with Crippen molar-refractivity contribution in [3.63, 3.8) is 0 Å². The average molecular weight is 429 g/mol. The van der Waals surface area contributed by atoms with Crippen LogP contribution in [0.4, 0.5) is 0 Å². The summed E-state index contributed by atoms with van der Waals surface area (Å²) < 4.78 is 6.19. The van der Waals surface area contributed by atoms with E-state index in [1.165, 1.54) is 51.4 Å². The highest BCUT2D eigenvalue weighted by atomic mass is 16.5. The number of ether oxygens (including phenoxy) is 1. The van der Waals surface area contributed by atoms with Gasteiger partial charge in [0.1, 0.15) is 0 Å². The molecule has 5 aliphatic carbocycles. The standard InChI is InChI=1S/C28H48N2O/c1-19(29(5)6)20-10-12-26(4)22-9-8-21-24(2)17-31-18-30(7)23(24)11-13-27(21)16-28(22,27)15-14-25(20,26)3/h19-23H,8-18H2,1-7H3. The largest absolute Gasteiger partial charge is 0.365 e. The summed E-state index contributed by atoms with van der Waals surface area (Å²) in [7, 11) is 6.92. The van der Waals surface area contributed by atoms with Gasteiger partial charge in [-0.05, 0) is 125 Å². The van der Waals surface area contributed by atoms with E-state index in [1.54, 1.807) is 6.42 Å². The van der Waals surface area contributed by atoms with Crippen LogP contribution >= 0.6 is 0 Å². The molecule has 0 aromatic rings. The molecule has 5 saturated carbocycles. The van der Waals surface area contributed by atoms with Crippen LogP contribution in [0, 0.1) is 44.8 Å². The van der Waals surface area contributed by atoms with E-state index in [-0.39, 0.29) is 0 Å². The maximum absolute atomic E-state index is 6.19. The highest BCUT2D eigenvalue weighted by Crippen LogP contribution is 2.89. The molecule has 0 aromatic carbocycles. The Bertz CT molecular complexity index is 768. The topological polar surface area (TPSA) is 15.7 Å². The van der Waals surface area contributed by atoms with Crippen molar-refractivity contribution in [1.82, 2.24) is 9.80 Å². The summed E-state index contributed by atoms with van der Waals surface area (Å²) in [5.41, 5.74) is 2.77. The minimum Gasteiger partial charge on any atom is -0.365 e. The molecule has 10 unspecified atom stereocenters. The van der Waals surface area contributed by atoms with Gasteiger partial charge in [-0.1, -0.05) is 20.8 Å². The number of rotatable bonds is 2. The van der Waals surface area contributed by atoms with E-state index in [0.29, 0.717) is 33.1 Å². The second kappa shape index (κ2) is 6.30. The van der Waals surface area contributed by atoms with Crippen LogP contribution in [-0.2, 0) is 4.74 Å². The molecule has 3 nitrogen and oxygen atoms in total. The molecule has 0 N–H and O–H groups in total. The summed E-state index contributed by atoms with van der Waals surface area (Å²) >= 11 is 0. The molecule has 0 aromatic heterocycles. The van der Waals surface area contributed by atoms with Crippen molar-refractivity contribution in [2.24, 2.45) is 44.8 Å². The van der Waals surface area contributed by atoms with Crippen molar-refractivity contribution in [1.29, 1.82) is 0 Å². The molecule has 2 spiro atoms. The summed E-state index contributed by atoms with van der Waals surface area (Å²) in [5, 5.41) is 0. The maximum Gasteiger partial charge on any atom is 0.0990 e. The fourth-order valence-corrected chi connectivity index (χ4v) is 11.8. The molecule has 0 radical (unpaired) electrons. The lowest BCUT2D eigenvalue weighted by Crippen LogP contribution is -2.63. The van der Waals surface area contributed by atoms with Crippen LogP contribution in [0.25, 0.3) is 0 Å². The summed E-state index contributed by atoms with van der Waals surface area (Å²) in [6.07, 6.45) is 13.4. The van der Waals surface area contributed by atoms with Crippen molar-refractivity contribution in [2.75, 3.05) is 34.5 Å². The van der Waals surface area contributed by atoms with Gasteiger partial charge in [0.25, 0.3) is 0 Å². The van der Waals surface area contributed by atoms with Gasteiger partial charge in [-0.2, -0.15) is 0 Å². The highest BCUT2D eigenvalue weighted by molar-refractivity contribution is 5.31. The quantitative estimate of drug-likeness (QED) is 0.566. The molecular weight excluding hydrogens is 380 g/mol. The highest BCUT2D eigenvalue weighted by Gasteiger charge is 2.82. The average Bonchev–Trinajstić information content (AvgIpc) is 3.29. The Kier molecular flexibility index (Phi) is 4.35. The minimum absolute atomic E-state index is 0.374. The van der Waals surface area contributed by atoms with E-state index in [0.717, 1.165) is 37.1 Å². The number of fused-ring (bicyclic) bond motifs is 4. The molecule has 6 fully saturated rings. The number of nitrogens with zero attached hydrogens (tertiary/aromatic N) is 2. The monoisotopic (exact) mass is 428 g/mol. The molecule has 10 atom stereocenters. The Labute approximate surface area is 191 Å². The third kappa shape index (κ3) is 2.28. The molecule has 1 saturated heterocycles. The summed E-state index contributed by atoms with van der Waals surface area (Å²) in [6.45, 7) is 12.5. The Balaban J connectivity index is 1.34. The zero-order valence-corrected chi connectivity index (χ0v) is 21.5. The first-order valence-corrected chi connectivity index (χ1v) is 13.5. The van der Waals surface area contributed by atoms with E-state index in [9.17, 15) is 0 Å². The molecule has 0 bridgehead atoms. The van der Waals surface area contributed by atoms with Gasteiger partial charge >= 0.3 is 0 Å². The molecule has 1 aliphatic heterocycles. The van der Waals surface area contributed by atoms with Crippen LogP contribution in [-0.4, -0.2) is 56.4 Å². The number of hydrogen-bond acceptors (Lipinski definition) is 3. The van der Waals surface area contributed by atoms with Gasteiger partial charge in [0.2, 0.25) is 0 Å². The van der Waals surface area contributed by atoms with Crippen molar-refractivity contribution >= 4 is 0 Å². The molecule has 176 valence electrons. The minimum atomic E-state index is 0.374. The molecule has 3 heteroatoms. The van der Waals surface area contributed by atoms with E-state index in [1.807, 2.05) is 0 Å². The summed E-state index contributed by atoms with van der Waals surface area (Å²) in [4.78, 5) is 5.05. The maximum atomic E-state index is 6.19. The Morgan fingerprint density at radius 3 is 2.32 bits per heavy atom. The van der Waals surface area contributed by atoms with Gasteiger partial charge in [0.15, 0.2) is 0 Å². The van der Waals surface area contributed by atoms with E-state index in [2.05, 4.69) is 58.6 Å². The van der Waals surface area contributed by atoms with Crippen LogP contribution in [0.2, 0.25) is 0 Å². The van der Waals surface area contributed by atoms with Crippen molar-refractivity contribution in [3.05, 3.63) is 0 Å². The van der Waals surface area contributed by atoms with Crippen LogP contribution in [0.3, 0.4) is 0 Å². The van der Waals surface area contributed by atoms with Crippen molar-refractivity contribution < 1.29 is 4.74 Å². The summed E-state index contributed by atoms with van der Waals surface area (Å²) in [6, 6.07) is 1.45. The third-order valence-corrected chi connectivity index (χ3v) is 13.6. The third-order valence-electron chi connectivity index (χ3n) is 13.6. The molecular formula is C28H48N2O. The SMILES string of the molecule is CC(C1CCC2(C)C3CCC4C5(C)COCN(C)C5CCC45CC35CCC12C)N(C)C. The lowest BCUT2D eigenvalue weighted by Gasteiger charge is -2.65. The van der Waals surface area contributed by atoms with Crippen LogP contribution in [0.15, 0.2) is 0 Å². The van der Waals surface area contributed by atoms with Gasteiger partial charge in [0, 0.05) is 17.5 Å². The molecule has 31 heavy (non-hydrogen) atoms. The van der Waals surface area contributed by atoms with E-state index >= 15 is 0 Å². The molecule has 1 heterocycles. The van der Waals surface area contributed by atoms with E-state index < -0.39 is 0 Å². The van der Waals surface area contributed by atoms with Crippen LogP contribution in [0.1, 0.15) is 85.5 Å². The number of hydrogen-bond donors (Lipinski definition) is 0. The smallest absolute Gasteiger partial charge is 0.0990 e. The second-order valence-electron chi connectivity index (χ2n) is 14.2. The zero-order valence-electron chi connectivity index (χ0n) is 21.5. The molecule has 6 aliphatic rings. The lowest BCUT2D eigenvalue weighted by atomic mass is 9.41. The van der Waals surface area contributed by atoms with Crippen LogP contribution in [0.5, 0.6) is 0 Å². The first-order valence-electron chi connectivity index (χ1n) is 13.5. The lowest BCUT2D eigenvalue weighted by molar-refractivity contribution is -0.202. The second-order valence-corrected chi connectivity index (χ2v) is 14.2. The van der Waals surface area contributed by atoms with E-state index in [4.69, 9.17) is 4.74 Å². The first kappa shape index (κ1) is 21.4. The Hall–Kier alpha value is -0.120. The Morgan fingerprint density at radius 1 is 0.871 bits per heavy atom. The normalized spacial score (nSPS) is 59.2. The van der Waals surface area contributed by atoms with Crippen molar-refractivity contribution in [3.8, 4) is 0 Å². The predicted molar refractivity (Wildman–Crippen MR) is 127 cm³/mol. The first-order chi connectivity index (χ1) is 14.6. The van der Waals surface area contributed by atoms with Crippen molar-refractivity contribution in [2.45, 2.75) is 97.6 Å². The predicted octanol–water partition coefficient (Wildman–Crippen LogP) is 5.64. The summed E-state index contributed by atoms with van der Waals surface area (Å²) in [5.74, 6) is 2.73. The van der Waals surface area contributed by atoms with Gasteiger partial charge in [-0.3, -0.25) is 4.90 Å². The zero-order chi connectivity index (χ0) is 22.0. The fourth-order valence-electron chi connectivity index (χ4n) is 11.8. The van der Waals surface area contributed by atoms with Gasteiger partial charge in [-0.25, -0.2) is 0 Å². The molecule has 6 rings (SSSR count).